The van der Waals surface area contributed by atoms with E-state index in [1.165, 1.54) is 12.3 Å². The van der Waals surface area contributed by atoms with Crippen molar-refractivity contribution in [3.63, 3.8) is 0 Å². The van der Waals surface area contributed by atoms with Crippen LogP contribution in [0, 0.1) is 11.6 Å². The van der Waals surface area contributed by atoms with Crippen LogP contribution in [-0.2, 0) is 0 Å². The number of H-pyrrole nitrogens is 1. The molecule has 0 aliphatic rings. The van der Waals surface area contributed by atoms with Gasteiger partial charge in [-0.15, -0.1) is 0 Å². The maximum Gasteiger partial charge on any atom is 0.240 e. The number of nitrogens with one attached hydrogen (secondary N) is 1. The summed E-state index contributed by atoms with van der Waals surface area (Å²) in [6, 6.07) is 10.2. The maximum absolute atomic E-state index is 13.7. The van der Waals surface area contributed by atoms with Gasteiger partial charge in [-0.3, -0.25) is 5.10 Å². The average Bonchev–Trinajstić information content (AvgIpc) is 3.01. The van der Waals surface area contributed by atoms with Crippen LogP contribution >= 0.6 is 11.6 Å². The van der Waals surface area contributed by atoms with Crippen molar-refractivity contribution in [3.8, 4) is 22.9 Å². The van der Waals surface area contributed by atoms with Crippen LogP contribution in [-0.4, -0.2) is 20.2 Å². The Kier molecular flexibility index (Phi) is 3.77. The summed E-state index contributed by atoms with van der Waals surface area (Å²) in [7, 11) is 0. The molecular weight excluding hydrogens is 350 g/mol. The van der Waals surface area contributed by atoms with Crippen LogP contribution < -0.4 is 4.74 Å². The molecule has 0 aliphatic carbocycles. The summed E-state index contributed by atoms with van der Waals surface area (Å²) >= 11 is 6.19. The Labute approximate surface area is 145 Å². The highest BCUT2D eigenvalue weighted by atomic mass is 35.5. The van der Waals surface area contributed by atoms with Gasteiger partial charge in [0.15, 0.2) is 17.2 Å². The molecule has 0 saturated carbocycles. The fourth-order valence-corrected chi connectivity index (χ4v) is 2.57. The molecule has 2 aromatic carbocycles. The molecule has 0 saturated heterocycles. The maximum atomic E-state index is 13.7. The van der Waals surface area contributed by atoms with Gasteiger partial charge in [-0.2, -0.15) is 10.1 Å². The van der Waals surface area contributed by atoms with Crippen molar-refractivity contribution in [3.05, 3.63) is 65.3 Å². The Balaban J connectivity index is 1.71. The van der Waals surface area contributed by atoms with Gasteiger partial charge in [-0.05, 0) is 18.2 Å². The quantitative estimate of drug-likeness (QED) is 0.574. The molecule has 1 N–H and O–H groups in total. The summed E-state index contributed by atoms with van der Waals surface area (Å²) in [5.74, 6) is -1.62. The van der Waals surface area contributed by atoms with E-state index in [0.29, 0.717) is 27.4 Å². The number of hydrogen-bond donors (Lipinski definition) is 1. The third-order valence-corrected chi connectivity index (χ3v) is 3.82. The Bertz CT molecular complexity index is 1080. The van der Waals surface area contributed by atoms with Crippen molar-refractivity contribution in [1.29, 1.82) is 0 Å². The van der Waals surface area contributed by atoms with Gasteiger partial charge in [0.2, 0.25) is 5.88 Å². The first-order valence-electron chi connectivity index (χ1n) is 7.21. The molecule has 0 fully saturated rings. The number of benzene rings is 2. The van der Waals surface area contributed by atoms with Crippen molar-refractivity contribution in [2.75, 3.05) is 0 Å². The smallest absolute Gasteiger partial charge is 0.240 e. The Morgan fingerprint density at radius 2 is 1.92 bits per heavy atom. The van der Waals surface area contributed by atoms with Crippen molar-refractivity contribution in [1.82, 2.24) is 20.2 Å². The summed E-state index contributed by atoms with van der Waals surface area (Å²) in [5.41, 5.74) is 2.12. The van der Waals surface area contributed by atoms with E-state index in [4.69, 9.17) is 16.3 Å². The first-order valence-corrected chi connectivity index (χ1v) is 7.58. The lowest BCUT2D eigenvalue weighted by Gasteiger charge is -2.05. The van der Waals surface area contributed by atoms with E-state index in [1.54, 1.807) is 6.07 Å². The molecule has 124 valence electrons. The van der Waals surface area contributed by atoms with Gasteiger partial charge in [-0.1, -0.05) is 29.8 Å². The summed E-state index contributed by atoms with van der Waals surface area (Å²) in [5, 5.41) is 7.47. The van der Waals surface area contributed by atoms with Crippen LogP contribution in [0.15, 0.2) is 48.7 Å². The minimum absolute atomic E-state index is 0.0485. The zero-order valence-electron chi connectivity index (χ0n) is 12.5. The van der Waals surface area contributed by atoms with Crippen LogP contribution in [0.2, 0.25) is 5.02 Å². The van der Waals surface area contributed by atoms with E-state index in [9.17, 15) is 8.78 Å². The zero-order chi connectivity index (χ0) is 17.4. The van der Waals surface area contributed by atoms with Crippen molar-refractivity contribution >= 4 is 22.8 Å². The molecule has 0 aliphatic heterocycles. The Morgan fingerprint density at radius 1 is 1.08 bits per heavy atom. The monoisotopic (exact) mass is 358 g/mol. The van der Waals surface area contributed by atoms with E-state index in [1.807, 2.05) is 18.2 Å². The van der Waals surface area contributed by atoms with Gasteiger partial charge in [0.05, 0.1) is 11.2 Å². The number of aromatic nitrogens is 4. The van der Waals surface area contributed by atoms with Gasteiger partial charge < -0.3 is 4.74 Å². The molecule has 5 nitrogen and oxygen atoms in total. The van der Waals surface area contributed by atoms with E-state index in [0.717, 1.165) is 12.1 Å². The molecule has 0 spiro atoms. The molecule has 2 heterocycles. The predicted octanol–water partition coefficient (Wildman–Crippen LogP) is 4.74. The summed E-state index contributed by atoms with van der Waals surface area (Å²) < 4.78 is 31.9. The Morgan fingerprint density at radius 3 is 2.72 bits per heavy atom. The normalized spacial score (nSPS) is 11.0. The van der Waals surface area contributed by atoms with E-state index in [-0.39, 0.29) is 11.6 Å². The standard InChI is InChI=1S/C17H9ClF2N4O/c18-11-4-2-1-3-10(11)15-16-17(24-23-15)22-14(8-21-16)25-13-6-5-9(19)7-12(13)20/h1-8H,(H,22,23,24). The van der Waals surface area contributed by atoms with Crippen LogP contribution in [0.4, 0.5) is 8.78 Å². The molecule has 0 radical (unpaired) electrons. The van der Waals surface area contributed by atoms with Gasteiger partial charge in [-0.25, -0.2) is 13.8 Å². The molecule has 4 rings (SSSR count). The van der Waals surface area contributed by atoms with Crippen LogP contribution in [0.3, 0.4) is 0 Å². The van der Waals surface area contributed by atoms with Gasteiger partial charge >= 0.3 is 0 Å². The number of hydrogen-bond acceptors (Lipinski definition) is 4. The minimum Gasteiger partial charge on any atom is -0.434 e. The zero-order valence-corrected chi connectivity index (χ0v) is 13.3. The van der Waals surface area contributed by atoms with Crippen molar-refractivity contribution in [2.45, 2.75) is 0 Å². The second-order valence-electron chi connectivity index (χ2n) is 5.13. The SMILES string of the molecule is Fc1ccc(Oc2cnc3c(-c4ccccc4Cl)n[nH]c3n2)c(F)c1. The lowest BCUT2D eigenvalue weighted by molar-refractivity contribution is 0.423. The second kappa shape index (κ2) is 6.10. The third kappa shape index (κ3) is 2.89. The first-order chi connectivity index (χ1) is 12.1. The highest BCUT2D eigenvalue weighted by molar-refractivity contribution is 6.33. The van der Waals surface area contributed by atoms with Gasteiger partial charge in [0.1, 0.15) is 17.0 Å². The molecule has 0 unspecified atom stereocenters. The van der Waals surface area contributed by atoms with Crippen molar-refractivity contribution < 1.29 is 13.5 Å². The van der Waals surface area contributed by atoms with Crippen LogP contribution in [0.25, 0.3) is 22.4 Å². The molecule has 2 aromatic heterocycles. The van der Waals surface area contributed by atoms with E-state index < -0.39 is 11.6 Å². The molecule has 0 amide bonds. The first kappa shape index (κ1) is 15.5. The number of rotatable bonds is 3. The fourth-order valence-electron chi connectivity index (χ4n) is 2.35. The third-order valence-electron chi connectivity index (χ3n) is 3.49. The average molecular weight is 359 g/mol. The van der Waals surface area contributed by atoms with E-state index in [2.05, 4.69) is 20.2 Å². The largest absolute Gasteiger partial charge is 0.434 e. The van der Waals surface area contributed by atoms with Crippen LogP contribution in [0.5, 0.6) is 11.6 Å². The van der Waals surface area contributed by atoms with Gasteiger partial charge in [0.25, 0.3) is 0 Å². The number of fused-ring (bicyclic) bond motifs is 1. The predicted molar refractivity (Wildman–Crippen MR) is 88.6 cm³/mol. The van der Waals surface area contributed by atoms with Crippen molar-refractivity contribution in [2.24, 2.45) is 0 Å². The van der Waals surface area contributed by atoms with E-state index >= 15 is 0 Å². The highest BCUT2D eigenvalue weighted by Crippen LogP contribution is 2.31. The molecule has 0 bridgehead atoms. The van der Waals surface area contributed by atoms with Crippen LogP contribution in [0.1, 0.15) is 0 Å². The molecule has 4 aromatic rings. The summed E-state index contributed by atoms with van der Waals surface area (Å²) in [4.78, 5) is 8.47. The topological polar surface area (TPSA) is 63.7 Å². The summed E-state index contributed by atoms with van der Waals surface area (Å²) in [6.45, 7) is 0. The highest BCUT2D eigenvalue weighted by Gasteiger charge is 2.15. The molecule has 0 atom stereocenters. The minimum atomic E-state index is -0.830. The Hall–Kier alpha value is -3.06. The number of aromatic amines is 1. The molecule has 8 heteroatoms. The fraction of sp³-hybridized carbons (Fsp3) is 0. The number of nitrogens with zero attached hydrogens (tertiary/aromatic N) is 3. The lowest BCUT2D eigenvalue weighted by Crippen LogP contribution is -1.93. The number of halogens is 3. The second-order valence-corrected chi connectivity index (χ2v) is 5.54. The van der Waals surface area contributed by atoms with Gasteiger partial charge in [0, 0.05) is 11.6 Å². The number of ether oxygens (including phenoxy) is 1. The summed E-state index contributed by atoms with van der Waals surface area (Å²) in [6.07, 6.45) is 1.33. The molecular formula is C17H9ClF2N4O. The lowest BCUT2D eigenvalue weighted by atomic mass is 10.1. The molecule has 25 heavy (non-hydrogen) atoms.